The van der Waals surface area contributed by atoms with E-state index in [1.54, 1.807) is 4.68 Å². The van der Waals surface area contributed by atoms with Crippen LogP contribution in [0.3, 0.4) is 0 Å². The molecule has 2 N–H and O–H groups in total. The third-order valence-electron chi connectivity index (χ3n) is 3.68. The number of amides is 2. The van der Waals surface area contributed by atoms with Crippen molar-refractivity contribution in [3.05, 3.63) is 11.8 Å². The molecule has 0 radical (unpaired) electrons. The number of thioether (sulfide) groups is 1. The summed E-state index contributed by atoms with van der Waals surface area (Å²) in [5.74, 6) is 1.85. The first-order chi connectivity index (χ1) is 9.63. The van der Waals surface area contributed by atoms with Gasteiger partial charge in [0.1, 0.15) is 5.82 Å². The summed E-state index contributed by atoms with van der Waals surface area (Å²) in [6.45, 7) is 4.22. The van der Waals surface area contributed by atoms with Gasteiger partial charge < -0.3 is 5.32 Å². The van der Waals surface area contributed by atoms with E-state index in [1.807, 2.05) is 24.9 Å². The van der Waals surface area contributed by atoms with E-state index in [0.717, 1.165) is 30.1 Å². The lowest BCUT2D eigenvalue weighted by molar-refractivity contribution is 0.248. The molecule has 1 aromatic heterocycles. The second kappa shape index (κ2) is 7.02. The van der Waals surface area contributed by atoms with E-state index in [9.17, 15) is 4.79 Å². The van der Waals surface area contributed by atoms with E-state index in [0.29, 0.717) is 11.3 Å². The SMILES string of the molecule is CCS[C@@H]1CCC[C@H]1NC(=O)Nc1cc(CC)nn1C. The molecule has 1 aromatic rings. The van der Waals surface area contributed by atoms with Crippen LogP contribution in [-0.2, 0) is 13.5 Å². The first kappa shape index (κ1) is 15.2. The summed E-state index contributed by atoms with van der Waals surface area (Å²) in [4.78, 5) is 12.1. The van der Waals surface area contributed by atoms with Gasteiger partial charge in [-0.1, -0.05) is 20.3 Å². The minimum Gasteiger partial charge on any atom is -0.334 e. The Kier molecular flexibility index (Phi) is 5.34. The van der Waals surface area contributed by atoms with Crippen LogP contribution >= 0.6 is 11.8 Å². The molecule has 20 heavy (non-hydrogen) atoms. The number of hydrogen-bond acceptors (Lipinski definition) is 3. The summed E-state index contributed by atoms with van der Waals surface area (Å²) >= 11 is 1.95. The molecule has 0 saturated heterocycles. The van der Waals surface area contributed by atoms with Crippen LogP contribution in [0, 0.1) is 0 Å². The predicted octanol–water partition coefficient (Wildman–Crippen LogP) is 2.78. The molecule has 0 bridgehead atoms. The lowest BCUT2D eigenvalue weighted by Gasteiger charge is -2.20. The Balaban J connectivity index is 1.90. The van der Waals surface area contributed by atoms with Crippen molar-refractivity contribution in [1.82, 2.24) is 15.1 Å². The molecular weight excluding hydrogens is 272 g/mol. The molecule has 0 aromatic carbocycles. The standard InChI is InChI=1S/C14H24N4OS/c1-4-10-9-13(18(3)17-10)16-14(19)15-11-7-6-8-12(11)20-5-2/h9,11-12H,4-8H2,1-3H3,(H2,15,16,19)/t11-,12-/m1/s1. The van der Waals surface area contributed by atoms with Crippen molar-refractivity contribution >= 4 is 23.6 Å². The maximum Gasteiger partial charge on any atom is 0.320 e. The number of anilines is 1. The number of urea groups is 1. The van der Waals surface area contributed by atoms with Gasteiger partial charge in [-0.3, -0.25) is 10.00 Å². The molecular formula is C14H24N4OS. The van der Waals surface area contributed by atoms with Gasteiger partial charge in [-0.2, -0.15) is 16.9 Å². The zero-order valence-electron chi connectivity index (χ0n) is 12.5. The van der Waals surface area contributed by atoms with E-state index < -0.39 is 0 Å². The smallest absolute Gasteiger partial charge is 0.320 e. The average molecular weight is 296 g/mol. The number of rotatable bonds is 5. The molecule has 1 saturated carbocycles. The lowest BCUT2D eigenvalue weighted by atomic mass is 10.2. The van der Waals surface area contributed by atoms with Crippen LogP contribution in [0.2, 0.25) is 0 Å². The van der Waals surface area contributed by atoms with Crippen LogP contribution in [-0.4, -0.2) is 32.9 Å². The van der Waals surface area contributed by atoms with Gasteiger partial charge in [0.25, 0.3) is 0 Å². The summed E-state index contributed by atoms with van der Waals surface area (Å²) in [5.41, 5.74) is 0.989. The van der Waals surface area contributed by atoms with Crippen LogP contribution in [0.25, 0.3) is 0 Å². The fourth-order valence-electron chi connectivity index (χ4n) is 2.64. The Labute approximate surface area is 124 Å². The van der Waals surface area contributed by atoms with E-state index in [2.05, 4.69) is 29.6 Å². The summed E-state index contributed by atoms with van der Waals surface area (Å²) in [7, 11) is 1.85. The predicted molar refractivity (Wildman–Crippen MR) is 84.3 cm³/mol. The zero-order chi connectivity index (χ0) is 14.5. The van der Waals surface area contributed by atoms with Gasteiger partial charge in [0.2, 0.25) is 0 Å². The first-order valence-corrected chi connectivity index (χ1v) is 8.41. The minimum atomic E-state index is -0.121. The highest BCUT2D eigenvalue weighted by Crippen LogP contribution is 2.29. The van der Waals surface area contributed by atoms with Crippen LogP contribution in [0.15, 0.2) is 6.07 Å². The molecule has 0 unspecified atom stereocenters. The summed E-state index contributed by atoms with van der Waals surface area (Å²) in [5, 5.41) is 10.9. The van der Waals surface area contributed by atoms with E-state index in [4.69, 9.17) is 0 Å². The van der Waals surface area contributed by atoms with Gasteiger partial charge in [-0.15, -0.1) is 0 Å². The maximum absolute atomic E-state index is 12.1. The van der Waals surface area contributed by atoms with Crippen molar-refractivity contribution in [2.24, 2.45) is 7.05 Å². The van der Waals surface area contributed by atoms with Gasteiger partial charge in [0.05, 0.1) is 5.69 Å². The molecule has 6 heteroatoms. The summed E-state index contributed by atoms with van der Waals surface area (Å²) in [6, 6.07) is 2.09. The molecule has 2 atom stereocenters. The van der Waals surface area contributed by atoms with E-state index in [1.165, 1.54) is 12.8 Å². The molecule has 0 aliphatic heterocycles. The Morgan fingerprint density at radius 2 is 2.30 bits per heavy atom. The molecule has 1 aliphatic rings. The Hall–Kier alpha value is -1.17. The molecule has 112 valence electrons. The molecule has 0 spiro atoms. The largest absolute Gasteiger partial charge is 0.334 e. The Bertz CT molecular complexity index is 460. The second-order valence-electron chi connectivity index (χ2n) is 5.13. The van der Waals surface area contributed by atoms with Crippen molar-refractivity contribution in [2.75, 3.05) is 11.1 Å². The van der Waals surface area contributed by atoms with Crippen molar-refractivity contribution in [2.45, 2.75) is 50.8 Å². The van der Waals surface area contributed by atoms with E-state index >= 15 is 0 Å². The summed E-state index contributed by atoms with van der Waals surface area (Å²) in [6.07, 6.45) is 4.36. The quantitative estimate of drug-likeness (QED) is 0.878. The van der Waals surface area contributed by atoms with Gasteiger partial charge in [-0.25, -0.2) is 4.79 Å². The van der Waals surface area contributed by atoms with Gasteiger partial charge >= 0.3 is 6.03 Å². The summed E-state index contributed by atoms with van der Waals surface area (Å²) < 4.78 is 1.71. The van der Waals surface area contributed by atoms with Gasteiger partial charge in [0, 0.05) is 24.4 Å². The van der Waals surface area contributed by atoms with Gasteiger partial charge in [0.15, 0.2) is 0 Å². The molecule has 1 fully saturated rings. The second-order valence-corrected chi connectivity index (χ2v) is 6.64. The van der Waals surface area contributed by atoms with Crippen LogP contribution in [0.4, 0.5) is 10.6 Å². The fraction of sp³-hybridized carbons (Fsp3) is 0.714. The van der Waals surface area contributed by atoms with Crippen molar-refractivity contribution in [1.29, 1.82) is 0 Å². The molecule has 5 nitrogen and oxygen atoms in total. The highest BCUT2D eigenvalue weighted by atomic mass is 32.2. The number of carbonyl (C=O) groups excluding carboxylic acids is 1. The Morgan fingerprint density at radius 1 is 1.50 bits per heavy atom. The number of aromatic nitrogens is 2. The molecule has 2 amide bonds. The number of aryl methyl sites for hydroxylation is 2. The number of nitrogens with zero attached hydrogens (tertiary/aromatic N) is 2. The normalized spacial score (nSPS) is 21.9. The maximum atomic E-state index is 12.1. The van der Waals surface area contributed by atoms with E-state index in [-0.39, 0.29) is 6.03 Å². The van der Waals surface area contributed by atoms with Crippen molar-refractivity contribution in [3.8, 4) is 0 Å². The average Bonchev–Trinajstić information content (AvgIpc) is 2.98. The fourth-order valence-corrected chi connectivity index (χ4v) is 3.84. The third kappa shape index (κ3) is 3.69. The lowest BCUT2D eigenvalue weighted by Crippen LogP contribution is -2.41. The Morgan fingerprint density at radius 3 is 2.95 bits per heavy atom. The zero-order valence-corrected chi connectivity index (χ0v) is 13.3. The molecule has 1 aliphatic carbocycles. The van der Waals surface area contributed by atoms with Crippen LogP contribution in [0.5, 0.6) is 0 Å². The monoisotopic (exact) mass is 296 g/mol. The van der Waals surface area contributed by atoms with Crippen molar-refractivity contribution < 1.29 is 4.79 Å². The highest BCUT2D eigenvalue weighted by Gasteiger charge is 2.28. The molecule has 2 rings (SSSR count). The minimum absolute atomic E-state index is 0.121. The topological polar surface area (TPSA) is 59.0 Å². The third-order valence-corrected chi connectivity index (χ3v) is 5.01. The van der Waals surface area contributed by atoms with Gasteiger partial charge in [-0.05, 0) is 25.0 Å². The van der Waals surface area contributed by atoms with Crippen LogP contribution in [0.1, 0.15) is 38.8 Å². The molecule has 1 heterocycles. The number of carbonyl (C=O) groups is 1. The first-order valence-electron chi connectivity index (χ1n) is 7.36. The highest BCUT2D eigenvalue weighted by molar-refractivity contribution is 7.99. The van der Waals surface area contributed by atoms with Crippen molar-refractivity contribution in [3.63, 3.8) is 0 Å². The number of hydrogen-bond donors (Lipinski definition) is 2. The van der Waals surface area contributed by atoms with Crippen LogP contribution < -0.4 is 10.6 Å². The number of nitrogens with one attached hydrogen (secondary N) is 2.